The van der Waals surface area contributed by atoms with Gasteiger partial charge in [0.25, 0.3) is 5.91 Å². The molecule has 3 rings (SSSR count). The molecule has 1 atom stereocenters. The van der Waals surface area contributed by atoms with Crippen LogP contribution in [0.2, 0.25) is 0 Å². The van der Waals surface area contributed by atoms with E-state index in [0.717, 1.165) is 38.2 Å². The molecular weight excluding hydrogens is 244 g/mol. The summed E-state index contributed by atoms with van der Waals surface area (Å²) in [4.78, 5) is 16.4. The summed E-state index contributed by atoms with van der Waals surface area (Å²) in [5, 5.41) is 2.88. The number of aromatic nitrogens is 1. The van der Waals surface area contributed by atoms with Gasteiger partial charge in [-0.05, 0) is 32.6 Å². The third-order valence-electron chi connectivity index (χ3n) is 4.00. The molecule has 0 spiro atoms. The molecule has 2 aliphatic rings. The number of oxazole rings is 1. The molecule has 5 heteroatoms. The zero-order valence-electron chi connectivity index (χ0n) is 11.3. The highest BCUT2D eigenvalue weighted by Crippen LogP contribution is 2.36. The van der Waals surface area contributed by atoms with Crippen LogP contribution in [0.3, 0.4) is 0 Å². The molecule has 1 amide bonds. The van der Waals surface area contributed by atoms with Gasteiger partial charge in [0.2, 0.25) is 0 Å². The molecule has 1 N–H and O–H groups in total. The topological polar surface area (TPSA) is 64.4 Å². The molecule has 0 aromatic carbocycles. The average molecular weight is 264 g/mol. The van der Waals surface area contributed by atoms with Crippen LogP contribution in [0.25, 0.3) is 0 Å². The van der Waals surface area contributed by atoms with Crippen LogP contribution in [-0.2, 0) is 4.74 Å². The predicted molar refractivity (Wildman–Crippen MR) is 69.1 cm³/mol. The maximum absolute atomic E-state index is 12.1. The Balaban J connectivity index is 1.60. The van der Waals surface area contributed by atoms with E-state index < -0.39 is 0 Å². The molecule has 2 heterocycles. The standard InChI is InChI=1S/C14H20N2O3/c1-9-12(16-14(19-9)10-4-2-5-10)13(17)15-8-11-6-3-7-18-11/h10-11H,2-8H2,1H3,(H,15,17). The molecule has 1 aliphatic heterocycles. The fourth-order valence-corrected chi connectivity index (χ4v) is 2.55. The van der Waals surface area contributed by atoms with Crippen LogP contribution in [0.15, 0.2) is 4.42 Å². The second-order valence-electron chi connectivity index (χ2n) is 5.43. The van der Waals surface area contributed by atoms with E-state index in [1.165, 1.54) is 6.42 Å². The van der Waals surface area contributed by atoms with Gasteiger partial charge in [-0.1, -0.05) is 6.42 Å². The Morgan fingerprint density at radius 2 is 2.21 bits per heavy atom. The van der Waals surface area contributed by atoms with E-state index in [1.54, 1.807) is 6.92 Å². The van der Waals surface area contributed by atoms with Gasteiger partial charge in [-0.15, -0.1) is 0 Å². The summed E-state index contributed by atoms with van der Waals surface area (Å²) in [7, 11) is 0. The van der Waals surface area contributed by atoms with Gasteiger partial charge in [-0.3, -0.25) is 4.79 Å². The van der Waals surface area contributed by atoms with Gasteiger partial charge in [0.15, 0.2) is 11.6 Å². The summed E-state index contributed by atoms with van der Waals surface area (Å²) in [5.41, 5.74) is 0.430. The fourth-order valence-electron chi connectivity index (χ4n) is 2.55. The largest absolute Gasteiger partial charge is 0.445 e. The summed E-state index contributed by atoms with van der Waals surface area (Å²) in [6, 6.07) is 0. The zero-order valence-corrected chi connectivity index (χ0v) is 11.3. The second-order valence-corrected chi connectivity index (χ2v) is 5.43. The normalized spacial score (nSPS) is 23.3. The van der Waals surface area contributed by atoms with Crippen molar-refractivity contribution < 1.29 is 13.9 Å². The van der Waals surface area contributed by atoms with Crippen molar-refractivity contribution in [3.63, 3.8) is 0 Å². The van der Waals surface area contributed by atoms with Gasteiger partial charge in [0.05, 0.1) is 6.10 Å². The summed E-state index contributed by atoms with van der Waals surface area (Å²) >= 11 is 0. The zero-order chi connectivity index (χ0) is 13.2. The molecule has 19 heavy (non-hydrogen) atoms. The highest BCUT2D eigenvalue weighted by atomic mass is 16.5. The molecule has 1 saturated carbocycles. The van der Waals surface area contributed by atoms with Gasteiger partial charge in [-0.2, -0.15) is 0 Å². The predicted octanol–water partition coefficient (Wildman–Crippen LogP) is 2.16. The first-order valence-electron chi connectivity index (χ1n) is 7.11. The van der Waals surface area contributed by atoms with Crippen LogP contribution in [0.4, 0.5) is 0 Å². The highest BCUT2D eigenvalue weighted by Gasteiger charge is 2.27. The van der Waals surface area contributed by atoms with E-state index in [9.17, 15) is 4.79 Å². The van der Waals surface area contributed by atoms with Gasteiger partial charge in [-0.25, -0.2) is 4.98 Å². The quantitative estimate of drug-likeness (QED) is 0.905. The molecule has 1 aromatic heterocycles. The van der Waals surface area contributed by atoms with E-state index >= 15 is 0 Å². The summed E-state index contributed by atoms with van der Waals surface area (Å²) in [6.07, 6.45) is 5.73. The lowest BCUT2D eigenvalue weighted by Crippen LogP contribution is -2.32. The smallest absolute Gasteiger partial charge is 0.273 e. The minimum Gasteiger partial charge on any atom is -0.445 e. The lowest BCUT2D eigenvalue weighted by Gasteiger charge is -2.21. The minimum atomic E-state index is -0.151. The van der Waals surface area contributed by atoms with Gasteiger partial charge in [0.1, 0.15) is 5.76 Å². The monoisotopic (exact) mass is 264 g/mol. The van der Waals surface area contributed by atoms with Gasteiger partial charge >= 0.3 is 0 Å². The molecule has 5 nitrogen and oxygen atoms in total. The van der Waals surface area contributed by atoms with Crippen LogP contribution in [0.1, 0.15) is 60.2 Å². The van der Waals surface area contributed by atoms with E-state index in [0.29, 0.717) is 23.9 Å². The van der Waals surface area contributed by atoms with Crippen LogP contribution >= 0.6 is 0 Å². The molecule has 1 aliphatic carbocycles. The lowest BCUT2D eigenvalue weighted by molar-refractivity contribution is 0.0853. The van der Waals surface area contributed by atoms with Crippen molar-refractivity contribution >= 4 is 5.91 Å². The van der Waals surface area contributed by atoms with E-state index in [2.05, 4.69) is 10.3 Å². The number of hydrogen-bond donors (Lipinski definition) is 1. The first kappa shape index (κ1) is 12.7. The fraction of sp³-hybridized carbons (Fsp3) is 0.714. The molecule has 0 radical (unpaired) electrons. The van der Waals surface area contributed by atoms with E-state index in [-0.39, 0.29) is 12.0 Å². The third-order valence-corrected chi connectivity index (χ3v) is 4.00. The molecule has 0 bridgehead atoms. The first-order valence-corrected chi connectivity index (χ1v) is 7.11. The molecule has 1 unspecified atom stereocenters. The summed E-state index contributed by atoms with van der Waals surface area (Å²) in [6.45, 7) is 3.16. The molecule has 1 aromatic rings. The lowest BCUT2D eigenvalue weighted by atomic mass is 9.85. The number of hydrogen-bond acceptors (Lipinski definition) is 4. The van der Waals surface area contributed by atoms with Crippen molar-refractivity contribution in [2.45, 2.75) is 51.0 Å². The van der Waals surface area contributed by atoms with Crippen molar-refractivity contribution in [3.05, 3.63) is 17.3 Å². The summed E-state index contributed by atoms with van der Waals surface area (Å²) < 4.78 is 11.1. The first-order chi connectivity index (χ1) is 9.24. The van der Waals surface area contributed by atoms with Crippen LogP contribution in [0.5, 0.6) is 0 Å². The van der Waals surface area contributed by atoms with Gasteiger partial charge < -0.3 is 14.5 Å². The minimum absolute atomic E-state index is 0.151. The molecule has 104 valence electrons. The Morgan fingerprint density at radius 3 is 2.84 bits per heavy atom. The maximum Gasteiger partial charge on any atom is 0.273 e. The number of ether oxygens (including phenoxy) is 1. The summed E-state index contributed by atoms with van der Waals surface area (Å²) in [5.74, 6) is 1.61. The number of nitrogens with one attached hydrogen (secondary N) is 1. The number of amides is 1. The van der Waals surface area contributed by atoms with Crippen LogP contribution < -0.4 is 5.32 Å². The van der Waals surface area contributed by atoms with Crippen molar-refractivity contribution in [2.75, 3.05) is 13.2 Å². The van der Waals surface area contributed by atoms with Crippen molar-refractivity contribution in [1.29, 1.82) is 0 Å². The third kappa shape index (κ3) is 2.66. The number of rotatable bonds is 4. The number of nitrogens with zero attached hydrogens (tertiary/aromatic N) is 1. The Morgan fingerprint density at radius 1 is 1.37 bits per heavy atom. The SMILES string of the molecule is Cc1oc(C2CCC2)nc1C(=O)NCC1CCCO1. The molecular formula is C14H20N2O3. The molecule has 1 saturated heterocycles. The van der Waals surface area contributed by atoms with Crippen LogP contribution in [-0.4, -0.2) is 30.1 Å². The highest BCUT2D eigenvalue weighted by molar-refractivity contribution is 5.93. The Hall–Kier alpha value is -1.36. The van der Waals surface area contributed by atoms with E-state index in [1.807, 2.05) is 0 Å². The van der Waals surface area contributed by atoms with E-state index in [4.69, 9.17) is 9.15 Å². The van der Waals surface area contributed by atoms with Crippen molar-refractivity contribution in [1.82, 2.24) is 10.3 Å². The second kappa shape index (κ2) is 5.33. The average Bonchev–Trinajstić information content (AvgIpc) is 2.93. The van der Waals surface area contributed by atoms with Crippen molar-refractivity contribution in [3.8, 4) is 0 Å². The number of aryl methyl sites for hydroxylation is 1. The van der Waals surface area contributed by atoms with Gasteiger partial charge in [0, 0.05) is 19.1 Å². The Bertz CT molecular complexity index is 459. The van der Waals surface area contributed by atoms with Crippen LogP contribution in [0, 0.1) is 6.92 Å². The Kier molecular flexibility index (Phi) is 3.55. The van der Waals surface area contributed by atoms with Crippen molar-refractivity contribution in [2.24, 2.45) is 0 Å². The molecule has 2 fully saturated rings. The number of carbonyl (C=O) groups excluding carboxylic acids is 1. The Labute approximate surface area is 112 Å². The maximum atomic E-state index is 12.1. The number of carbonyl (C=O) groups is 1.